The van der Waals surface area contributed by atoms with Gasteiger partial charge in [-0.05, 0) is 50.6 Å². The van der Waals surface area contributed by atoms with Crippen molar-refractivity contribution in [2.45, 2.75) is 13.1 Å². The highest BCUT2D eigenvalue weighted by Crippen LogP contribution is 2.34. The van der Waals surface area contributed by atoms with Gasteiger partial charge in [0, 0.05) is 7.11 Å². The Kier molecular flexibility index (Phi) is 2.62. The smallest absolute Gasteiger partial charge is 0.218 e. The first-order chi connectivity index (χ1) is 10.1. The van der Waals surface area contributed by atoms with E-state index < -0.39 is 8.32 Å². The molecule has 0 aromatic heterocycles. The highest BCUT2D eigenvalue weighted by molar-refractivity contribution is 6.86. The molecule has 4 aromatic rings. The molecule has 0 atom stereocenters. The van der Waals surface area contributed by atoms with Crippen molar-refractivity contribution in [2.75, 3.05) is 7.11 Å². The molecule has 0 spiro atoms. The summed E-state index contributed by atoms with van der Waals surface area (Å²) in [7, 11) is -0.00798. The fourth-order valence-electron chi connectivity index (χ4n) is 3.37. The molecule has 0 saturated carbocycles. The van der Waals surface area contributed by atoms with Crippen LogP contribution in [0.15, 0.2) is 54.6 Å². The second kappa shape index (κ2) is 4.29. The standard InChI is InChI=1S/C19H18OSi/c1-20-21(2,3)17-12-10-15-8-7-13-5-4-6-14-9-11-16(17)19(15)18(13)14/h4-12H,1-3H3. The van der Waals surface area contributed by atoms with Crippen LogP contribution in [-0.4, -0.2) is 15.4 Å². The van der Waals surface area contributed by atoms with E-state index in [1.165, 1.54) is 37.5 Å². The fourth-order valence-corrected chi connectivity index (χ4v) is 4.93. The zero-order valence-corrected chi connectivity index (χ0v) is 13.6. The van der Waals surface area contributed by atoms with Crippen LogP contribution in [0.5, 0.6) is 0 Å². The monoisotopic (exact) mass is 290 g/mol. The van der Waals surface area contributed by atoms with Crippen molar-refractivity contribution in [1.29, 1.82) is 0 Å². The molecular weight excluding hydrogens is 272 g/mol. The summed E-state index contributed by atoms with van der Waals surface area (Å²) >= 11 is 0. The van der Waals surface area contributed by atoms with Crippen molar-refractivity contribution in [1.82, 2.24) is 0 Å². The third-order valence-corrected chi connectivity index (χ3v) is 7.44. The molecule has 0 amide bonds. The molecule has 0 aliphatic carbocycles. The van der Waals surface area contributed by atoms with E-state index in [0.29, 0.717) is 0 Å². The highest BCUT2D eigenvalue weighted by atomic mass is 28.4. The maximum absolute atomic E-state index is 5.85. The minimum absolute atomic E-state index is 1.32. The molecule has 21 heavy (non-hydrogen) atoms. The molecular formula is C19H18OSi. The van der Waals surface area contributed by atoms with Crippen LogP contribution in [0, 0.1) is 0 Å². The lowest BCUT2D eigenvalue weighted by atomic mass is 9.94. The van der Waals surface area contributed by atoms with E-state index in [2.05, 4.69) is 67.7 Å². The molecule has 4 rings (SSSR count). The van der Waals surface area contributed by atoms with Gasteiger partial charge in [0.15, 0.2) is 0 Å². The van der Waals surface area contributed by atoms with Crippen molar-refractivity contribution in [3.8, 4) is 0 Å². The molecule has 0 heterocycles. The molecule has 0 saturated heterocycles. The van der Waals surface area contributed by atoms with Crippen molar-refractivity contribution in [2.24, 2.45) is 0 Å². The fraction of sp³-hybridized carbons (Fsp3) is 0.158. The predicted octanol–water partition coefficient (Wildman–Crippen LogP) is 4.64. The van der Waals surface area contributed by atoms with Crippen LogP contribution >= 0.6 is 0 Å². The van der Waals surface area contributed by atoms with Crippen molar-refractivity contribution < 1.29 is 4.43 Å². The predicted molar refractivity (Wildman–Crippen MR) is 94.3 cm³/mol. The molecule has 0 unspecified atom stereocenters. The molecule has 2 heteroatoms. The quantitative estimate of drug-likeness (QED) is 0.386. The van der Waals surface area contributed by atoms with Crippen LogP contribution in [0.2, 0.25) is 13.1 Å². The van der Waals surface area contributed by atoms with E-state index in [1.54, 1.807) is 0 Å². The Morgan fingerprint density at radius 3 is 1.95 bits per heavy atom. The van der Waals surface area contributed by atoms with Gasteiger partial charge < -0.3 is 4.43 Å². The first-order valence-corrected chi connectivity index (χ1v) is 10.2. The minimum atomic E-state index is -1.85. The van der Waals surface area contributed by atoms with E-state index in [9.17, 15) is 0 Å². The van der Waals surface area contributed by atoms with Gasteiger partial charge in [-0.15, -0.1) is 0 Å². The Balaban J connectivity index is 2.26. The van der Waals surface area contributed by atoms with E-state index >= 15 is 0 Å². The van der Waals surface area contributed by atoms with Gasteiger partial charge in [0.2, 0.25) is 8.32 Å². The van der Waals surface area contributed by atoms with Gasteiger partial charge in [0.1, 0.15) is 0 Å². The maximum Gasteiger partial charge on any atom is 0.218 e. The van der Waals surface area contributed by atoms with E-state index in [4.69, 9.17) is 4.43 Å². The van der Waals surface area contributed by atoms with Crippen LogP contribution in [-0.2, 0) is 4.43 Å². The second-order valence-electron chi connectivity index (χ2n) is 6.18. The summed E-state index contributed by atoms with van der Waals surface area (Å²) in [5.41, 5.74) is 0. The van der Waals surface area contributed by atoms with Crippen molar-refractivity contribution in [3.05, 3.63) is 54.6 Å². The largest absolute Gasteiger partial charge is 0.416 e. The molecule has 0 aliphatic rings. The third-order valence-electron chi connectivity index (χ3n) is 4.69. The Hall–Kier alpha value is -1.90. The summed E-state index contributed by atoms with van der Waals surface area (Å²) in [5.74, 6) is 0. The first-order valence-electron chi connectivity index (χ1n) is 7.34. The summed E-state index contributed by atoms with van der Waals surface area (Å²) in [6, 6.07) is 20.0. The van der Waals surface area contributed by atoms with E-state index in [-0.39, 0.29) is 0 Å². The SMILES string of the molecule is CO[Si](C)(C)c1ccc2ccc3cccc4ccc1c2c34. The Morgan fingerprint density at radius 1 is 0.714 bits per heavy atom. The van der Waals surface area contributed by atoms with Gasteiger partial charge in [-0.1, -0.05) is 54.6 Å². The molecule has 0 fully saturated rings. The number of hydrogen-bond donors (Lipinski definition) is 0. The molecule has 0 N–H and O–H groups in total. The second-order valence-corrected chi connectivity index (χ2v) is 10.2. The molecule has 1 nitrogen and oxygen atoms in total. The average molecular weight is 290 g/mol. The summed E-state index contributed by atoms with van der Waals surface area (Å²) < 4.78 is 5.85. The molecule has 104 valence electrons. The van der Waals surface area contributed by atoms with E-state index in [0.717, 1.165) is 0 Å². The van der Waals surface area contributed by atoms with Gasteiger partial charge in [-0.3, -0.25) is 0 Å². The maximum atomic E-state index is 5.85. The zero-order valence-electron chi connectivity index (χ0n) is 12.6. The first kappa shape index (κ1) is 12.8. The van der Waals surface area contributed by atoms with Crippen LogP contribution in [0.25, 0.3) is 32.3 Å². The molecule has 0 radical (unpaired) electrons. The number of rotatable bonds is 2. The highest BCUT2D eigenvalue weighted by Gasteiger charge is 2.26. The third kappa shape index (κ3) is 1.73. The summed E-state index contributed by atoms with van der Waals surface area (Å²) in [5, 5.41) is 9.47. The van der Waals surface area contributed by atoms with Gasteiger partial charge in [0.25, 0.3) is 0 Å². The van der Waals surface area contributed by atoms with Crippen LogP contribution in [0.3, 0.4) is 0 Å². The molecule has 0 bridgehead atoms. The Morgan fingerprint density at radius 2 is 1.29 bits per heavy atom. The topological polar surface area (TPSA) is 9.23 Å². The Labute approximate surface area is 125 Å². The van der Waals surface area contributed by atoms with Gasteiger partial charge >= 0.3 is 0 Å². The van der Waals surface area contributed by atoms with E-state index in [1.807, 2.05) is 7.11 Å². The summed E-state index contributed by atoms with van der Waals surface area (Å²) in [4.78, 5) is 0. The minimum Gasteiger partial charge on any atom is -0.416 e. The average Bonchev–Trinajstić information content (AvgIpc) is 2.52. The van der Waals surface area contributed by atoms with Gasteiger partial charge in [-0.2, -0.15) is 0 Å². The number of hydrogen-bond acceptors (Lipinski definition) is 1. The Bertz CT molecular complexity index is 940. The normalized spacial score (nSPS) is 12.7. The lowest BCUT2D eigenvalue weighted by molar-refractivity contribution is 0.416. The lowest BCUT2D eigenvalue weighted by Crippen LogP contribution is -2.44. The van der Waals surface area contributed by atoms with Crippen LogP contribution in [0.1, 0.15) is 0 Å². The van der Waals surface area contributed by atoms with Crippen molar-refractivity contribution >= 4 is 45.8 Å². The molecule has 0 aliphatic heterocycles. The van der Waals surface area contributed by atoms with Crippen LogP contribution in [0.4, 0.5) is 0 Å². The van der Waals surface area contributed by atoms with Crippen molar-refractivity contribution in [3.63, 3.8) is 0 Å². The number of benzene rings is 4. The summed E-state index contributed by atoms with van der Waals surface area (Å²) in [6.45, 7) is 4.53. The van der Waals surface area contributed by atoms with Gasteiger partial charge in [-0.25, -0.2) is 0 Å². The van der Waals surface area contributed by atoms with Crippen LogP contribution < -0.4 is 5.19 Å². The summed E-state index contributed by atoms with van der Waals surface area (Å²) in [6.07, 6.45) is 0. The van der Waals surface area contributed by atoms with Gasteiger partial charge in [0.05, 0.1) is 0 Å². The molecule has 4 aromatic carbocycles. The lowest BCUT2D eigenvalue weighted by Gasteiger charge is -2.23. The zero-order chi connectivity index (χ0) is 14.6.